The number of hydrogen-bond donors (Lipinski definition) is 0. The lowest BCUT2D eigenvalue weighted by Gasteiger charge is -2.36. The maximum atomic E-state index is 12.2. The summed E-state index contributed by atoms with van der Waals surface area (Å²) in [6.07, 6.45) is 4.16. The average molecular weight is 255 g/mol. The molecule has 1 saturated heterocycles. The first-order valence-electron chi connectivity index (χ1n) is 6.82. The van der Waals surface area contributed by atoms with Crippen molar-refractivity contribution in [3.8, 4) is 0 Å². The lowest BCUT2D eigenvalue weighted by molar-refractivity contribution is -0.137. The van der Waals surface area contributed by atoms with Gasteiger partial charge in [-0.25, -0.2) is 0 Å². The first-order valence-corrected chi connectivity index (χ1v) is 6.82. The lowest BCUT2D eigenvalue weighted by atomic mass is 9.96. The van der Waals surface area contributed by atoms with Crippen LogP contribution < -0.4 is 0 Å². The van der Waals surface area contributed by atoms with Crippen molar-refractivity contribution in [2.45, 2.75) is 52.0 Å². The second-order valence-electron chi connectivity index (χ2n) is 5.41. The Labute approximate surface area is 110 Å². The minimum absolute atomic E-state index is 0.124. The molecule has 1 aliphatic rings. The smallest absolute Gasteiger partial charge is 0.223 e. The molecule has 0 bridgehead atoms. The molecule has 0 radical (unpaired) electrons. The molecule has 0 spiro atoms. The van der Waals surface area contributed by atoms with E-state index in [0.29, 0.717) is 19.4 Å². The minimum atomic E-state index is 0.124. The average Bonchev–Trinajstić information content (AvgIpc) is 2.28. The fourth-order valence-electron chi connectivity index (χ4n) is 2.63. The predicted octanol–water partition coefficient (Wildman–Crippen LogP) is 2.02. The summed E-state index contributed by atoms with van der Waals surface area (Å²) in [5.41, 5.74) is 0. The number of piperidine rings is 1. The van der Waals surface area contributed by atoms with Gasteiger partial charge in [-0.15, -0.1) is 0 Å². The van der Waals surface area contributed by atoms with E-state index in [-0.39, 0.29) is 23.7 Å². The number of likely N-dealkylation sites (tertiary alicyclic amines) is 1. The van der Waals surface area contributed by atoms with Crippen LogP contribution in [0.15, 0.2) is 0 Å². The van der Waals surface area contributed by atoms with Gasteiger partial charge in [-0.3, -0.25) is 9.59 Å². The van der Waals surface area contributed by atoms with Crippen molar-refractivity contribution in [2.24, 2.45) is 5.92 Å². The fourth-order valence-corrected chi connectivity index (χ4v) is 2.63. The monoisotopic (exact) mass is 255 g/mol. The molecule has 1 amide bonds. The normalized spacial score (nSPS) is 21.7. The maximum absolute atomic E-state index is 12.2. The molecule has 0 saturated carbocycles. The first kappa shape index (κ1) is 15.2. The van der Waals surface area contributed by atoms with E-state index < -0.39 is 0 Å². The highest BCUT2D eigenvalue weighted by Crippen LogP contribution is 2.22. The number of rotatable bonds is 6. The number of methoxy groups -OCH3 is 1. The van der Waals surface area contributed by atoms with E-state index in [2.05, 4.69) is 0 Å². The number of amides is 1. The third-order valence-electron chi connectivity index (χ3n) is 3.44. The van der Waals surface area contributed by atoms with E-state index in [1.807, 2.05) is 11.8 Å². The Morgan fingerprint density at radius 1 is 1.39 bits per heavy atom. The number of ether oxygens (including phenoxy) is 1. The zero-order valence-corrected chi connectivity index (χ0v) is 11.8. The SMILES string of the molecule is COCC(C)CC(=O)N1CCCCC1CC(C)=O. The molecule has 18 heavy (non-hydrogen) atoms. The molecule has 0 aromatic carbocycles. The van der Waals surface area contributed by atoms with Gasteiger partial charge < -0.3 is 9.64 Å². The van der Waals surface area contributed by atoms with Crippen LogP contribution in [-0.2, 0) is 14.3 Å². The lowest BCUT2D eigenvalue weighted by Crippen LogP contribution is -2.45. The van der Waals surface area contributed by atoms with Crippen LogP contribution in [-0.4, -0.2) is 42.9 Å². The van der Waals surface area contributed by atoms with Gasteiger partial charge in [0.25, 0.3) is 0 Å². The van der Waals surface area contributed by atoms with Crippen molar-refractivity contribution in [2.75, 3.05) is 20.3 Å². The molecule has 1 fully saturated rings. The van der Waals surface area contributed by atoms with Crippen LogP contribution in [0, 0.1) is 5.92 Å². The Kier molecular flexibility index (Phi) is 6.33. The minimum Gasteiger partial charge on any atom is -0.384 e. The van der Waals surface area contributed by atoms with Gasteiger partial charge in [0.2, 0.25) is 5.91 Å². The molecule has 1 rings (SSSR count). The highest BCUT2D eigenvalue weighted by Gasteiger charge is 2.28. The Balaban J connectivity index is 2.54. The molecule has 4 heteroatoms. The zero-order chi connectivity index (χ0) is 13.5. The summed E-state index contributed by atoms with van der Waals surface area (Å²) in [5, 5.41) is 0. The van der Waals surface area contributed by atoms with Crippen LogP contribution in [0.25, 0.3) is 0 Å². The molecule has 2 atom stereocenters. The molecule has 0 aliphatic carbocycles. The zero-order valence-electron chi connectivity index (χ0n) is 11.8. The summed E-state index contributed by atoms with van der Waals surface area (Å²) in [4.78, 5) is 25.4. The number of carbonyl (C=O) groups excluding carboxylic acids is 2. The van der Waals surface area contributed by atoms with Gasteiger partial charge in [-0.05, 0) is 32.1 Å². The maximum Gasteiger partial charge on any atom is 0.223 e. The molecule has 2 unspecified atom stereocenters. The van der Waals surface area contributed by atoms with Crippen LogP contribution in [0.5, 0.6) is 0 Å². The number of nitrogens with zero attached hydrogens (tertiary/aromatic N) is 1. The van der Waals surface area contributed by atoms with Gasteiger partial charge in [0, 0.05) is 39.1 Å². The summed E-state index contributed by atoms with van der Waals surface area (Å²) < 4.78 is 5.06. The van der Waals surface area contributed by atoms with Crippen molar-refractivity contribution < 1.29 is 14.3 Å². The van der Waals surface area contributed by atoms with Gasteiger partial charge in [0.15, 0.2) is 0 Å². The van der Waals surface area contributed by atoms with Crippen LogP contribution in [0.4, 0.5) is 0 Å². The second kappa shape index (κ2) is 7.52. The van der Waals surface area contributed by atoms with Gasteiger partial charge >= 0.3 is 0 Å². The number of ketones is 1. The van der Waals surface area contributed by atoms with Gasteiger partial charge in [-0.1, -0.05) is 6.92 Å². The summed E-state index contributed by atoms with van der Waals surface area (Å²) in [7, 11) is 1.65. The van der Waals surface area contributed by atoms with E-state index in [1.165, 1.54) is 0 Å². The van der Waals surface area contributed by atoms with Gasteiger partial charge in [-0.2, -0.15) is 0 Å². The highest BCUT2D eigenvalue weighted by molar-refractivity contribution is 5.79. The largest absolute Gasteiger partial charge is 0.384 e. The van der Waals surface area contributed by atoms with Crippen LogP contribution in [0.2, 0.25) is 0 Å². The molecule has 0 N–H and O–H groups in total. The molecule has 1 aliphatic heterocycles. The quantitative estimate of drug-likeness (QED) is 0.729. The van der Waals surface area contributed by atoms with Crippen molar-refractivity contribution in [1.82, 2.24) is 4.90 Å². The summed E-state index contributed by atoms with van der Waals surface area (Å²) in [5.74, 6) is 0.581. The topological polar surface area (TPSA) is 46.6 Å². The molecule has 4 nitrogen and oxygen atoms in total. The molecule has 0 aromatic heterocycles. The Hall–Kier alpha value is -0.900. The van der Waals surface area contributed by atoms with Gasteiger partial charge in [0.1, 0.15) is 5.78 Å². The van der Waals surface area contributed by atoms with Crippen molar-refractivity contribution >= 4 is 11.7 Å². The second-order valence-corrected chi connectivity index (χ2v) is 5.41. The van der Waals surface area contributed by atoms with E-state index in [0.717, 1.165) is 25.8 Å². The van der Waals surface area contributed by atoms with Crippen LogP contribution >= 0.6 is 0 Å². The molecule has 1 heterocycles. The third-order valence-corrected chi connectivity index (χ3v) is 3.44. The van der Waals surface area contributed by atoms with E-state index in [4.69, 9.17) is 4.74 Å². The van der Waals surface area contributed by atoms with E-state index >= 15 is 0 Å². The Bertz CT molecular complexity index is 291. The molecule has 0 aromatic rings. The third kappa shape index (κ3) is 4.77. The van der Waals surface area contributed by atoms with E-state index in [9.17, 15) is 9.59 Å². The summed E-state index contributed by atoms with van der Waals surface area (Å²) >= 11 is 0. The first-order chi connectivity index (χ1) is 8.54. The van der Waals surface area contributed by atoms with Crippen LogP contribution in [0.3, 0.4) is 0 Å². The highest BCUT2D eigenvalue weighted by atomic mass is 16.5. The number of Topliss-reactive ketones (excluding diaryl/α,β-unsaturated/α-hetero) is 1. The van der Waals surface area contributed by atoms with Crippen molar-refractivity contribution in [3.63, 3.8) is 0 Å². The number of hydrogen-bond acceptors (Lipinski definition) is 3. The van der Waals surface area contributed by atoms with Crippen LogP contribution in [0.1, 0.15) is 46.0 Å². The standard InChI is InChI=1S/C14H25NO3/c1-11(10-18-3)8-14(17)15-7-5-4-6-13(15)9-12(2)16/h11,13H,4-10H2,1-3H3. The molecular formula is C14H25NO3. The predicted molar refractivity (Wildman–Crippen MR) is 70.3 cm³/mol. The Morgan fingerprint density at radius 2 is 2.11 bits per heavy atom. The van der Waals surface area contributed by atoms with E-state index in [1.54, 1.807) is 14.0 Å². The molecular weight excluding hydrogens is 230 g/mol. The van der Waals surface area contributed by atoms with Crippen molar-refractivity contribution in [1.29, 1.82) is 0 Å². The Morgan fingerprint density at radius 3 is 2.72 bits per heavy atom. The van der Waals surface area contributed by atoms with Crippen molar-refractivity contribution in [3.05, 3.63) is 0 Å². The number of carbonyl (C=O) groups is 2. The van der Waals surface area contributed by atoms with Gasteiger partial charge in [0.05, 0.1) is 0 Å². The molecule has 104 valence electrons. The summed E-state index contributed by atoms with van der Waals surface area (Å²) in [6.45, 7) is 5.03. The summed E-state index contributed by atoms with van der Waals surface area (Å²) in [6, 6.07) is 0.124. The fraction of sp³-hybridized carbons (Fsp3) is 0.857.